The summed E-state index contributed by atoms with van der Waals surface area (Å²) in [4.78, 5) is 4.65. The number of imidazole rings is 1. The van der Waals surface area contributed by atoms with Crippen molar-refractivity contribution in [3.05, 3.63) is 5.69 Å². The minimum Gasteiger partial charge on any atom is -0.369 e. The molecular formula is C16H27N5. The third-order valence-electron chi connectivity index (χ3n) is 4.98. The van der Waals surface area contributed by atoms with E-state index in [0.717, 1.165) is 29.7 Å². The van der Waals surface area contributed by atoms with Crippen LogP contribution in [0, 0.1) is 5.92 Å². The number of nitrogens with two attached hydrogens (primary N) is 1. The Morgan fingerprint density at radius 2 is 2.00 bits per heavy atom. The Kier molecular flexibility index (Phi) is 3.91. The number of rotatable bonds is 4. The van der Waals surface area contributed by atoms with Crippen molar-refractivity contribution in [1.82, 2.24) is 19.3 Å². The molecule has 1 aliphatic carbocycles. The summed E-state index contributed by atoms with van der Waals surface area (Å²) in [5.74, 6) is 1.38. The van der Waals surface area contributed by atoms with Gasteiger partial charge in [-0.2, -0.15) is 5.10 Å². The number of aryl methyl sites for hydroxylation is 2. The van der Waals surface area contributed by atoms with Gasteiger partial charge in [0.1, 0.15) is 5.52 Å². The van der Waals surface area contributed by atoms with Gasteiger partial charge in [0.05, 0.1) is 5.69 Å². The maximum absolute atomic E-state index is 6.29. The van der Waals surface area contributed by atoms with E-state index >= 15 is 0 Å². The van der Waals surface area contributed by atoms with Crippen molar-refractivity contribution in [3.63, 3.8) is 0 Å². The number of hydrogen-bond donors (Lipinski definition) is 1. The van der Waals surface area contributed by atoms with E-state index in [0.29, 0.717) is 17.9 Å². The van der Waals surface area contributed by atoms with Crippen LogP contribution in [0.1, 0.15) is 64.1 Å². The van der Waals surface area contributed by atoms with Gasteiger partial charge in [0.15, 0.2) is 5.65 Å². The van der Waals surface area contributed by atoms with Crippen molar-refractivity contribution in [3.8, 4) is 0 Å². The van der Waals surface area contributed by atoms with E-state index in [-0.39, 0.29) is 0 Å². The number of aromatic nitrogens is 4. The molecule has 116 valence electrons. The molecule has 1 fully saturated rings. The zero-order valence-corrected chi connectivity index (χ0v) is 13.5. The Morgan fingerprint density at radius 3 is 2.71 bits per heavy atom. The Bertz CT molecular complexity index is 624. The summed E-state index contributed by atoms with van der Waals surface area (Å²) in [7, 11) is 2.02. The van der Waals surface area contributed by atoms with E-state index < -0.39 is 0 Å². The molecule has 2 N–H and O–H groups in total. The van der Waals surface area contributed by atoms with E-state index in [1.165, 1.54) is 32.1 Å². The van der Waals surface area contributed by atoms with E-state index in [9.17, 15) is 0 Å². The van der Waals surface area contributed by atoms with Crippen LogP contribution in [0.4, 0.5) is 5.95 Å². The summed E-state index contributed by atoms with van der Waals surface area (Å²) < 4.78 is 4.25. The second-order valence-corrected chi connectivity index (χ2v) is 6.35. The first-order chi connectivity index (χ1) is 10.2. The van der Waals surface area contributed by atoms with Crippen molar-refractivity contribution in [2.45, 2.75) is 64.8 Å². The highest BCUT2D eigenvalue weighted by Gasteiger charge is 2.30. The Morgan fingerprint density at radius 1 is 1.24 bits per heavy atom. The molecule has 2 unspecified atom stereocenters. The minimum absolute atomic E-state index is 0.485. The highest BCUT2D eigenvalue weighted by atomic mass is 15.4. The van der Waals surface area contributed by atoms with Crippen LogP contribution in [0.15, 0.2) is 0 Å². The summed E-state index contributed by atoms with van der Waals surface area (Å²) >= 11 is 0. The highest BCUT2D eigenvalue weighted by Crippen LogP contribution is 2.39. The van der Waals surface area contributed by atoms with Gasteiger partial charge >= 0.3 is 0 Å². The third-order valence-corrected chi connectivity index (χ3v) is 4.98. The van der Waals surface area contributed by atoms with Gasteiger partial charge < -0.3 is 5.73 Å². The molecule has 0 aromatic carbocycles. The van der Waals surface area contributed by atoms with Crippen molar-refractivity contribution in [2.24, 2.45) is 13.0 Å². The average molecular weight is 289 g/mol. The lowest BCUT2D eigenvalue weighted by atomic mass is 9.82. The Hall–Kier alpha value is -1.52. The van der Waals surface area contributed by atoms with Gasteiger partial charge in [-0.1, -0.05) is 39.5 Å². The van der Waals surface area contributed by atoms with Crippen LogP contribution in [-0.2, 0) is 13.5 Å². The molecule has 3 rings (SSSR count). The van der Waals surface area contributed by atoms with Gasteiger partial charge in [-0.15, -0.1) is 0 Å². The number of anilines is 1. The van der Waals surface area contributed by atoms with Crippen molar-refractivity contribution >= 4 is 17.1 Å². The van der Waals surface area contributed by atoms with Crippen molar-refractivity contribution in [1.29, 1.82) is 0 Å². The summed E-state index contributed by atoms with van der Waals surface area (Å²) in [6.45, 7) is 4.47. The molecule has 0 amide bonds. The Balaban J connectivity index is 2.11. The summed E-state index contributed by atoms with van der Waals surface area (Å²) in [5.41, 5.74) is 9.50. The zero-order chi connectivity index (χ0) is 15.0. The molecular weight excluding hydrogens is 262 g/mol. The fourth-order valence-electron chi connectivity index (χ4n) is 3.96. The molecule has 2 atom stereocenters. The highest BCUT2D eigenvalue weighted by molar-refractivity contribution is 5.78. The molecule has 0 saturated heterocycles. The number of hydrogen-bond acceptors (Lipinski definition) is 3. The van der Waals surface area contributed by atoms with E-state index in [4.69, 9.17) is 5.73 Å². The fourth-order valence-corrected chi connectivity index (χ4v) is 3.96. The lowest BCUT2D eigenvalue weighted by molar-refractivity contribution is 0.237. The lowest BCUT2D eigenvalue weighted by Crippen LogP contribution is -2.24. The smallest absolute Gasteiger partial charge is 0.202 e. The second-order valence-electron chi connectivity index (χ2n) is 6.35. The maximum Gasteiger partial charge on any atom is 0.202 e. The maximum atomic E-state index is 6.29. The van der Waals surface area contributed by atoms with Crippen LogP contribution in [0.5, 0.6) is 0 Å². The van der Waals surface area contributed by atoms with E-state index in [2.05, 4.69) is 28.5 Å². The molecule has 5 heteroatoms. The average Bonchev–Trinajstić information content (AvgIpc) is 2.97. The van der Waals surface area contributed by atoms with Crippen LogP contribution >= 0.6 is 0 Å². The normalized spacial score (nSPS) is 23.0. The first-order valence-corrected chi connectivity index (χ1v) is 8.36. The minimum atomic E-state index is 0.485. The molecule has 0 bridgehead atoms. The van der Waals surface area contributed by atoms with Crippen LogP contribution in [0.3, 0.4) is 0 Å². The molecule has 0 aliphatic heterocycles. The molecule has 5 nitrogen and oxygen atoms in total. The molecule has 2 aromatic heterocycles. The van der Waals surface area contributed by atoms with Gasteiger partial charge in [0.2, 0.25) is 5.95 Å². The van der Waals surface area contributed by atoms with Gasteiger partial charge in [0, 0.05) is 13.1 Å². The Labute approximate surface area is 126 Å². The third kappa shape index (κ3) is 2.32. The second kappa shape index (κ2) is 5.70. The van der Waals surface area contributed by atoms with Crippen LogP contribution in [0.2, 0.25) is 0 Å². The monoisotopic (exact) mass is 289 g/mol. The lowest BCUT2D eigenvalue weighted by Gasteiger charge is -2.32. The number of nitrogen functional groups attached to an aromatic ring is 1. The molecule has 1 saturated carbocycles. The predicted molar refractivity (Wildman–Crippen MR) is 86.2 cm³/mol. The SMILES string of the molecule is CCCc1nn(C)c2c1nc(N)n2C1CCCCC1CC. The van der Waals surface area contributed by atoms with Crippen molar-refractivity contribution < 1.29 is 0 Å². The quantitative estimate of drug-likeness (QED) is 0.937. The van der Waals surface area contributed by atoms with Crippen LogP contribution < -0.4 is 5.73 Å². The largest absolute Gasteiger partial charge is 0.369 e. The summed E-state index contributed by atoms with van der Waals surface area (Å²) in [6.07, 6.45) is 8.42. The molecule has 0 radical (unpaired) electrons. The fraction of sp³-hybridized carbons (Fsp3) is 0.750. The zero-order valence-electron chi connectivity index (χ0n) is 13.5. The molecule has 0 spiro atoms. The molecule has 2 heterocycles. The predicted octanol–water partition coefficient (Wildman–Crippen LogP) is 3.45. The number of nitrogens with zero attached hydrogens (tertiary/aromatic N) is 4. The number of fused-ring (bicyclic) bond motifs is 1. The van der Waals surface area contributed by atoms with Gasteiger partial charge in [-0.05, 0) is 25.2 Å². The van der Waals surface area contributed by atoms with Gasteiger partial charge in [-0.3, -0.25) is 9.25 Å². The molecule has 21 heavy (non-hydrogen) atoms. The first kappa shape index (κ1) is 14.4. The summed E-state index contributed by atoms with van der Waals surface area (Å²) in [6, 6.07) is 0.485. The van der Waals surface area contributed by atoms with E-state index in [1.54, 1.807) is 0 Å². The van der Waals surface area contributed by atoms with Crippen molar-refractivity contribution in [2.75, 3.05) is 5.73 Å². The first-order valence-electron chi connectivity index (χ1n) is 8.36. The standard InChI is InChI=1S/C16H27N5/c1-4-8-12-14-15(20(3)19-12)21(16(17)18-14)13-10-7-6-9-11(13)5-2/h11,13H,4-10H2,1-3H3,(H2,17,18). The van der Waals surface area contributed by atoms with Crippen LogP contribution in [-0.4, -0.2) is 19.3 Å². The van der Waals surface area contributed by atoms with Gasteiger partial charge in [0.25, 0.3) is 0 Å². The van der Waals surface area contributed by atoms with E-state index in [1.807, 2.05) is 11.7 Å². The molecule has 1 aliphatic rings. The van der Waals surface area contributed by atoms with Gasteiger partial charge in [-0.25, -0.2) is 4.98 Å². The summed E-state index contributed by atoms with van der Waals surface area (Å²) in [5, 5.41) is 4.66. The topological polar surface area (TPSA) is 61.7 Å². The van der Waals surface area contributed by atoms with Crippen LogP contribution in [0.25, 0.3) is 11.2 Å². The molecule has 2 aromatic rings.